The number of nitro benzene ring substituents is 1. The molecule has 0 bridgehead atoms. The Morgan fingerprint density at radius 1 is 1.48 bits per heavy atom. The summed E-state index contributed by atoms with van der Waals surface area (Å²) in [6, 6.07) is 5.13. The Balaban J connectivity index is 2.23. The van der Waals surface area contributed by atoms with E-state index >= 15 is 0 Å². The van der Waals surface area contributed by atoms with E-state index in [2.05, 4.69) is 15.4 Å². The molecule has 2 aromatic rings. The first-order valence-corrected chi connectivity index (χ1v) is 7.59. The van der Waals surface area contributed by atoms with Crippen LogP contribution >= 0.6 is 11.8 Å². The minimum atomic E-state index is -0.353. The fraction of sp³-hybridized carbons (Fsp3) is 0.385. The molecule has 1 aromatic heterocycles. The van der Waals surface area contributed by atoms with Gasteiger partial charge in [0.2, 0.25) is 0 Å². The second-order valence-corrected chi connectivity index (χ2v) is 5.39. The standard InChI is InChI=1S/C13H17N5O2S/c1-3-7-14-12-10(5-4-6-11(12)18(19)20)8-21-13-15-9-16-17(13)2/h4-6,9,14H,3,7-8H2,1-2H3. The Morgan fingerprint density at radius 3 is 2.90 bits per heavy atom. The normalized spacial score (nSPS) is 10.6. The third-order valence-electron chi connectivity index (χ3n) is 2.90. The summed E-state index contributed by atoms with van der Waals surface area (Å²) < 4.78 is 1.68. The van der Waals surface area contributed by atoms with E-state index in [9.17, 15) is 10.1 Å². The van der Waals surface area contributed by atoms with Gasteiger partial charge in [-0.2, -0.15) is 5.10 Å². The van der Waals surface area contributed by atoms with E-state index in [1.54, 1.807) is 10.7 Å². The zero-order valence-corrected chi connectivity index (χ0v) is 12.8. The summed E-state index contributed by atoms with van der Waals surface area (Å²) in [6.45, 7) is 2.72. The van der Waals surface area contributed by atoms with Crippen molar-refractivity contribution >= 4 is 23.1 Å². The fourth-order valence-electron chi connectivity index (χ4n) is 1.87. The molecule has 21 heavy (non-hydrogen) atoms. The predicted molar refractivity (Wildman–Crippen MR) is 82.4 cm³/mol. The van der Waals surface area contributed by atoms with Crippen LogP contribution in [0.1, 0.15) is 18.9 Å². The van der Waals surface area contributed by atoms with Gasteiger partial charge in [-0.15, -0.1) is 0 Å². The number of thioether (sulfide) groups is 1. The van der Waals surface area contributed by atoms with Gasteiger partial charge in [-0.25, -0.2) is 9.67 Å². The number of hydrogen-bond acceptors (Lipinski definition) is 6. The molecule has 0 aliphatic rings. The smallest absolute Gasteiger partial charge is 0.292 e. The van der Waals surface area contributed by atoms with E-state index in [0.29, 0.717) is 18.0 Å². The van der Waals surface area contributed by atoms with Crippen molar-refractivity contribution in [3.63, 3.8) is 0 Å². The highest BCUT2D eigenvalue weighted by atomic mass is 32.2. The number of hydrogen-bond donors (Lipinski definition) is 1. The van der Waals surface area contributed by atoms with Gasteiger partial charge in [0.1, 0.15) is 12.0 Å². The number of para-hydroxylation sites is 1. The monoisotopic (exact) mass is 307 g/mol. The molecule has 0 radical (unpaired) electrons. The molecular weight excluding hydrogens is 290 g/mol. The van der Waals surface area contributed by atoms with Gasteiger partial charge in [-0.3, -0.25) is 10.1 Å². The molecule has 0 amide bonds. The quantitative estimate of drug-likeness (QED) is 0.481. The molecule has 112 valence electrons. The van der Waals surface area contributed by atoms with E-state index < -0.39 is 0 Å². The van der Waals surface area contributed by atoms with Crippen molar-refractivity contribution in [3.05, 3.63) is 40.2 Å². The van der Waals surface area contributed by atoms with Gasteiger partial charge in [-0.05, 0) is 12.0 Å². The van der Waals surface area contributed by atoms with Crippen LogP contribution in [0.5, 0.6) is 0 Å². The molecule has 2 rings (SSSR count). The van der Waals surface area contributed by atoms with Crippen molar-refractivity contribution in [2.75, 3.05) is 11.9 Å². The minimum absolute atomic E-state index is 0.111. The van der Waals surface area contributed by atoms with Gasteiger partial charge in [0.15, 0.2) is 5.16 Å². The summed E-state index contributed by atoms with van der Waals surface area (Å²) in [4.78, 5) is 14.9. The molecule has 7 nitrogen and oxygen atoms in total. The Kier molecular flexibility index (Phi) is 5.15. The lowest BCUT2D eigenvalue weighted by molar-refractivity contribution is -0.384. The minimum Gasteiger partial charge on any atom is -0.379 e. The molecule has 1 heterocycles. The second kappa shape index (κ2) is 7.07. The average molecular weight is 307 g/mol. The van der Waals surface area contributed by atoms with Crippen molar-refractivity contribution < 1.29 is 4.92 Å². The van der Waals surface area contributed by atoms with Crippen molar-refractivity contribution in [1.29, 1.82) is 0 Å². The number of nitro groups is 1. The molecule has 0 unspecified atom stereocenters. The first-order chi connectivity index (χ1) is 10.1. The van der Waals surface area contributed by atoms with Crippen molar-refractivity contribution in [1.82, 2.24) is 14.8 Å². The van der Waals surface area contributed by atoms with E-state index in [-0.39, 0.29) is 10.6 Å². The van der Waals surface area contributed by atoms with Crippen LogP contribution in [0.2, 0.25) is 0 Å². The van der Waals surface area contributed by atoms with E-state index in [1.807, 2.05) is 20.0 Å². The van der Waals surface area contributed by atoms with Crippen molar-refractivity contribution in [2.45, 2.75) is 24.3 Å². The Labute approximate surface area is 126 Å². The topological polar surface area (TPSA) is 85.9 Å². The number of aryl methyl sites for hydroxylation is 1. The Bertz CT molecular complexity index is 629. The van der Waals surface area contributed by atoms with Crippen LogP contribution in [-0.4, -0.2) is 26.2 Å². The maximum absolute atomic E-state index is 11.2. The molecule has 0 fully saturated rings. The fourth-order valence-corrected chi connectivity index (χ4v) is 2.75. The lowest BCUT2D eigenvalue weighted by atomic mass is 10.1. The summed E-state index contributed by atoms with van der Waals surface area (Å²) in [5.41, 5.74) is 1.60. The maximum atomic E-state index is 11.2. The zero-order valence-electron chi connectivity index (χ0n) is 11.9. The van der Waals surface area contributed by atoms with Crippen molar-refractivity contribution in [3.8, 4) is 0 Å². The molecule has 0 saturated carbocycles. The molecule has 0 saturated heterocycles. The van der Waals surface area contributed by atoms with Crippen LogP contribution in [0.4, 0.5) is 11.4 Å². The van der Waals surface area contributed by atoms with Gasteiger partial charge in [0.05, 0.1) is 4.92 Å². The molecule has 1 N–H and O–H groups in total. The molecule has 0 aliphatic carbocycles. The Morgan fingerprint density at radius 2 is 2.29 bits per heavy atom. The number of rotatable bonds is 7. The van der Waals surface area contributed by atoms with E-state index in [1.165, 1.54) is 24.2 Å². The van der Waals surface area contributed by atoms with Crippen LogP contribution in [0.15, 0.2) is 29.7 Å². The molecule has 8 heteroatoms. The van der Waals surface area contributed by atoms with Crippen LogP contribution in [0.3, 0.4) is 0 Å². The summed E-state index contributed by atoms with van der Waals surface area (Å²) in [7, 11) is 1.82. The number of nitrogens with one attached hydrogen (secondary N) is 1. The van der Waals surface area contributed by atoms with Gasteiger partial charge in [-0.1, -0.05) is 30.8 Å². The Hall–Kier alpha value is -2.09. The highest BCUT2D eigenvalue weighted by molar-refractivity contribution is 7.98. The molecule has 0 aliphatic heterocycles. The third-order valence-corrected chi connectivity index (χ3v) is 3.99. The molecule has 1 aromatic carbocycles. The predicted octanol–water partition coefficient (Wildman–Crippen LogP) is 2.84. The first kappa shape index (κ1) is 15.3. The molecule has 0 spiro atoms. The third kappa shape index (κ3) is 3.72. The van der Waals surface area contributed by atoms with Crippen LogP contribution in [-0.2, 0) is 12.8 Å². The van der Waals surface area contributed by atoms with Gasteiger partial charge in [0, 0.05) is 25.4 Å². The van der Waals surface area contributed by atoms with Gasteiger partial charge in [0.25, 0.3) is 5.69 Å². The molecular formula is C13H17N5O2S. The van der Waals surface area contributed by atoms with E-state index in [4.69, 9.17) is 0 Å². The maximum Gasteiger partial charge on any atom is 0.292 e. The second-order valence-electron chi connectivity index (χ2n) is 4.45. The van der Waals surface area contributed by atoms with Gasteiger partial charge >= 0.3 is 0 Å². The number of benzene rings is 1. The van der Waals surface area contributed by atoms with Gasteiger partial charge < -0.3 is 5.32 Å². The van der Waals surface area contributed by atoms with Crippen LogP contribution in [0.25, 0.3) is 0 Å². The number of nitrogens with zero attached hydrogens (tertiary/aromatic N) is 4. The largest absolute Gasteiger partial charge is 0.379 e. The summed E-state index contributed by atoms with van der Waals surface area (Å²) in [6.07, 6.45) is 2.40. The summed E-state index contributed by atoms with van der Waals surface area (Å²) in [5.74, 6) is 0.597. The number of anilines is 1. The highest BCUT2D eigenvalue weighted by Crippen LogP contribution is 2.32. The summed E-state index contributed by atoms with van der Waals surface area (Å²) >= 11 is 1.50. The van der Waals surface area contributed by atoms with E-state index in [0.717, 1.165) is 17.1 Å². The van der Waals surface area contributed by atoms with Crippen LogP contribution < -0.4 is 5.32 Å². The highest BCUT2D eigenvalue weighted by Gasteiger charge is 2.17. The molecule has 0 atom stereocenters. The van der Waals surface area contributed by atoms with Crippen molar-refractivity contribution in [2.24, 2.45) is 7.05 Å². The average Bonchev–Trinajstić information content (AvgIpc) is 2.88. The SMILES string of the molecule is CCCNc1c(CSc2ncnn2C)cccc1[N+](=O)[O-]. The lowest BCUT2D eigenvalue weighted by Gasteiger charge is -2.11. The summed E-state index contributed by atoms with van der Waals surface area (Å²) in [5, 5.41) is 19.1. The zero-order chi connectivity index (χ0) is 15.2. The van der Waals surface area contributed by atoms with Crippen LogP contribution in [0, 0.1) is 10.1 Å². The number of aromatic nitrogens is 3. The lowest BCUT2D eigenvalue weighted by Crippen LogP contribution is -2.06. The first-order valence-electron chi connectivity index (χ1n) is 6.60.